The summed E-state index contributed by atoms with van der Waals surface area (Å²) >= 11 is 10.1. The van der Waals surface area contributed by atoms with Crippen molar-refractivity contribution in [3.8, 4) is 0 Å². The molecule has 1 aromatic rings. The molecule has 88 valence electrons. The zero-order valence-corrected chi connectivity index (χ0v) is 11.8. The minimum atomic E-state index is -2.09. The molecule has 16 heavy (non-hydrogen) atoms. The summed E-state index contributed by atoms with van der Waals surface area (Å²) in [5.41, 5.74) is -2.09. The Bertz CT molecular complexity index is 374. The predicted octanol–water partition coefficient (Wildman–Crippen LogP) is 3.90. The molecule has 0 radical (unpaired) electrons. The Kier molecular flexibility index (Phi) is 4.48. The molecule has 0 saturated heterocycles. The lowest BCUT2D eigenvalue weighted by atomic mass is 9.98. The Morgan fingerprint density at radius 1 is 1.12 bits per heavy atom. The van der Waals surface area contributed by atoms with Gasteiger partial charge in [-0.2, -0.15) is 0 Å². The first kappa shape index (κ1) is 12.6. The van der Waals surface area contributed by atoms with Gasteiger partial charge < -0.3 is 4.52 Å². The van der Waals surface area contributed by atoms with E-state index < -0.39 is 5.47 Å². The second-order valence-electron chi connectivity index (χ2n) is 4.22. The third-order valence-electron chi connectivity index (χ3n) is 2.93. The van der Waals surface area contributed by atoms with Crippen LogP contribution >= 0.6 is 17.7 Å². The maximum absolute atomic E-state index is 6.05. The highest BCUT2D eigenvalue weighted by molar-refractivity contribution is 8.64. The van der Waals surface area contributed by atoms with Crippen LogP contribution in [-0.2, 0) is 16.3 Å². The Balaban J connectivity index is 2.05. The predicted molar refractivity (Wildman–Crippen MR) is 77.3 cm³/mol. The molecular formula is C12H17OPS2. The van der Waals surface area contributed by atoms with Crippen LogP contribution in [0.4, 0.5) is 0 Å². The van der Waals surface area contributed by atoms with Gasteiger partial charge in [-0.05, 0) is 12.8 Å². The van der Waals surface area contributed by atoms with Gasteiger partial charge in [-0.15, -0.1) is 12.2 Å². The molecule has 1 aromatic carbocycles. The van der Waals surface area contributed by atoms with Gasteiger partial charge in [-0.25, -0.2) is 0 Å². The minimum Gasteiger partial charge on any atom is -0.335 e. The fourth-order valence-electron chi connectivity index (χ4n) is 2.05. The van der Waals surface area contributed by atoms with Crippen LogP contribution < -0.4 is 5.30 Å². The average molecular weight is 272 g/mol. The van der Waals surface area contributed by atoms with E-state index in [4.69, 9.17) is 16.3 Å². The van der Waals surface area contributed by atoms with E-state index in [1.165, 1.54) is 19.3 Å². The second kappa shape index (κ2) is 5.68. The molecule has 0 spiro atoms. The molecule has 1 saturated carbocycles. The van der Waals surface area contributed by atoms with Crippen molar-refractivity contribution in [1.29, 1.82) is 0 Å². The first-order valence-electron chi connectivity index (χ1n) is 5.75. The molecule has 1 unspecified atom stereocenters. The summed E-state index contributed by atoms with van der Waals surface area (Å²) in [7, 11) is 0. The SMILES string of the molecule is S=P(S)(OC1CCCCC1)c1ccccc1. The zero-order chi connectivity index (χ0) is 11.4. The largest absolute Gasteiger partial charge is 0.335 e. The van der Waals surface area contributed by atoms with E-state index in [0.29, 0.717) is 6.10 Å². The molecule has 0 aromatic heterocycles. The molecule has 1 fully saturated rings. The van der Waals surface area contributed by atoms with Gasteiger partial charge in [0.2, 0.25) is 0 Å². The van der Waals surface area contributed by atoms with Crippen molar-refractivity contribution < 1.29 is 4.52 Å². The molecule has 2 rings (SSSR count). The minimum absolute atomic E-state index is 0.331. The summed E-state index contributed by atoms with van der Waals surface area (Å²) in [6, 6.07) is 10.0. The Morgan fingerprint density at radius 3 is 2.38 bits per heavy atom. The fraction of sp³-hybridized carbons (Fsp3) is 0.500. The van der Waals surface area contributed by atoms with Crippen LogP contribution in [0.2, 0.25) is 0 Å². The quantitative estimate of drug-likeness (QED) is 0.660. The standard InChI is InChI=1S/C12H17OPS2/c15-14(16,12-9-5-2-6-10-12)13-11-7-3-1-4-8-11/h2,5-6,9-11H,1,3-4,7-8H2,(H,15,16). The highest BCUT2D eigenvalue weighted by atomic mass is 32.9. The van der Waals surface area contributed by atoms with Crippen LogP contribution in [0.15, 0.2) is 30.3 Å². The van der Waals surface area contributed by atoms with Gasteiger partial charge >= 0.3 is 0 Å². The van der Waals surface area contributed by atoms with Gasteiger partial charge in [0.1, 0.15) is 5.47 Å². The average Bonchev–Trinajstić information content (AvgIpc) is 2.31. The Hall–Kier alpha value is 0.180. The third-order valence-corrected chi connectivity index (χ3v) is 6.33. The highest BCUT2D eigenvalue weighted by Gasteiger charge is 2.22. The first-order chi connectivity index (χ1) is 7.68. The molecule has 0 heterocycles. The summed E-state index contributed by atoms with van der Waals surface area (Å²) in [5.74, 6) is 0. The van der Waals surface area contributed by atoms with Gasteiger partial charge in [0.05, 0.1) is 6.10 Å². The summed E-state index contributed by atoms with van der Waals surface area (Å²) in [6.45, 7) is 0. The van der Waals surface area contributed by atoms with E-state index >= 15 is 0 Å². The number of thiol groups is 1. The highest BCUT2D eigenvalue weighted by Crippen LogP contribution is 2.53. The number of hydrogen-bond acceptors (Lipinski definition) is 2. The molecule has 0 amide bonds. The lowest BCUT2D eigenvalue weighted by Gasteiger charge is -2.27. The van der Waals surface area contributed by atoms with Crippen molar-refractivity contribution in [2.24, 2.45) is 0 Å². The van der Waals surface area contributed by atoms with E-state index in [9.17, 15) is 0 Å². The monoisotopic (exact) mass is 272 g/mol. The summed E-state index contributed by atoms with van der Waals surface area (Å²) in [5, 5.41) is 1.07. The van der Waals surface area contributed by atoms with Crippen LogP contribution in [0.25, 0.3) is 0 Å². The normalized spacial score (nSPS) is 21.6. The second-order valence-corrected chi connectivity index (χ2v) is 10.0. The van der Waals surface area contributed by atoms with E-state index in [0.717, 1.165) is 18.1 Å². The maximum Gasteiger partial charge on any atom is 0.145 e. The Morgan fingerprint density at radius 2 is 1.75 bits per heavy atom. The van der Waals surface area contributed by atoms with Crippen LogP contribution in [0, 0.1) is 0 Å². The van der Waals surface area contributed by atoms with Crippen molar-refractivity contribution in [2.45, 2.75) is 38.2 Å². The van der Waals surface area contributed by atoms with E-state index in [2.05, 4.69) is 12.2 Å². The van der Waals surface area contributed by atoms with Gasteiger partial charge in [-0.1, -0.05) is 61.4 Å². The third kappa shape index (κ3) is 3.33. The molecule has 0 bridgehead atoms. The smallest absolute Gasteiger partial charge is 0.145 e. The molecule has 4 heteroatoms. The van der Waals surface area contributed by atoms with Crippen LogP contribution in [0.1, 0.15) is 32.1 Å². The number of hydrogen-bond donors (Lipinski definition) is 1. The lowest BCUT2D eigenvalue weighted by molar-refractivity contribution is 0.178. The van der Waals surface area contributed by atoms with Crippen LogP contribution in [0.3, 0.4) is 0 Å². The molecule has 1 aliphatic rings. The van der Waals surface area contributed by atoms with Gasteiger partial charge in [0.25, 0.3) is 0 Å². The van der Waals surface area contributed by atoms with Crippen LogP contribution in [-0.4, -0.2) is 6.10 Å². The fourth-order valence-corrected chi connectivity index (χ4v) is 4.87. The number of benzene rings is 1. The van der Waals surface area contributed by atoms with Crippen molar-refractivity contribution in [3.05, 3.63) is 30.3 Å². The summed E-state index contributed by atoms with van der Waals surface area (Å²) < 4.78 is 6.05. The molecule has 0 aliphatic heterocycles. The first-order valence-corrected chi connectivity index (χ1v) is 9.62. The molecule has 0 N–H and O–H groups in total. The van der Waals surface area contributed by atoms with E-state index in [1.807, 2.05) is 30.3 Å². The van der Waals surface area contributed by atoms with Gasteiger partial charge in [0.15, 0.2) is 0 Å². The van der Waals surface area contributed by atoms with E-state index in [1.54, 1.807) is 0 Å². The van der Waals surface area contributed by atoms with Gasteiger partial charge in [-0.3, -0.25) is 0 Å². The van der Waals surface area contributed by atoms with Crippen molar-refractivity contribution in [1.82, 2.24) is 0 Å². The maximum atomic E-state index is 6.05. The summed E-state index contributed by atoms with van der Waals surface area (Å²) in [4.78, 5) is 0. The molecular weight excluding hydrogens is 255 g/mol. The van der Waals surface area contributed by atoms with Gasteiger partial charge in [0, 0.05) is 5.30 Å². The van der Waals surface area contributed by atoms with Crippen molar-refractivity contribution in [2.75, 3.05) is 0 Å². The van der Waals surface area contributed by atoms with Crippen molar-refractivity contribution >= 4 is 34.8 Å². The van der Waals surface area contributed by atoms with E-state index in [-0.39, 0.29) is 0 Å². The molecule has 1 nitrogen and oxygen atoms in total. The number of rotatable bonds is 3. The lowest BCUT2D eigenvalue weighted by Crippen LogP contribution is -2.17. The Labute approximate surface area is 108 Å². The molecule has 1 atom stereocenters. The zero-order valence-electron chi connectivity index (χ0n) is 9.21. The topological polar surface area (TPSA) is 9.23 Å². The summed E-state index contributed by atoms with van der Waals surface area (Å²) in [6.07, 6.45) is 6.49. The molecule has 1 aliphatic carbocycles. The van der Waals surface area contributed by atoms with Crippen LogP contribution in [0.5, 0.6) is 0 Å². The van der Waals surface area contributed by atoms with Crippen molar-refractivity contribution in [3.63, 3.8) is 0 Å².